The number of hydrogen-bond donors (Lipinski definition) is 1. The quantitative estimate of drug-likeness (QED) is 0.758. The minimum atomic E-state index is -0.572. The average molecular weight is 384 g/mol. The van der Waals surface area contributed by atoms with Crippen LogP contribution in [0, 0.1) is 5.92 Å². The van der Waals surface area contributed by atoms with Gasteiger partial charge in [-0.2, -0.15) is 0 Å². The standard InChI is InChI=1S/C24H33NO3/c1-4-6-11-24-20(26)10-8-17-18-15-16-7-9-19(27-14-5-2)22(28-24)21(16)23(17,24)12-13-25(18)3/h7-10,17-18,20,26H,4-6,11-15H2,1-3H3/t17-,18+,20-,23-,24-/m0/s1. The summed E-state index contributed by atoms with van der Waals surface area (Å²) in [6, 6.07) is 4.84. The number of nitrogens with zero attached hydrogens (tertiary/aromatic N) is 1. The summed E-state index contributed by atoms with van der Waals surface area (Å²) in [5.74, 6) is 2.18. The highest BCUT2D eigenvalue weighted by molar-refractivity contribution is 5.64. The normalized spacial score (nSPS) is 37.5. The van der Waals surface area contributed by atoms with Gasteiger partial charge in [-0.3, -0.25) is 0 Å². The topological polar surface area (TPSA) is 41.9 Å². The summed E-state index contributed by atoms with van der Waals surface area (Å²) in [5, 5.41) is 11.3. The van der Waals surface area contributed by atoms with Crippen LogP contribution in [0.25, 0.3) is 0 Å². The first kappa shape index (κ1) is 18.5. The molecule has 4 nitrogen and oxygen atoms in total. The number of likely N-dealkylation sites (tertiary alicyclic amines) is 1. The Morgan fingerprint density at radius 2 is 2.11 bits per heavy atom. The van der Waals surface area contributed by atoms with Gasteiger partial charge in [0.2, 0.25) is 0 Å². The van der Waals surface area contributed by atoms with Gasteiger partial charge in [-0.15, -0.1) is 0 Å². The molecule has 1 aromatic rings. The van der Waals surface area contributed by atoms with E-state index in [1.807, 2.05) is 6.08 Å². The minimum absolute atomic E-state index is 0.137. The molecule has 1 N–H and O–H groups in total. The van der Waals surface area contributed by atoms with E-state index in [0.29, 0.717) is 18.6 Å². The molecule has 4 heteroatoms. The highest BCUT2D eigenvalue weighted by atomic mass is 16.5. The van der Waals surface area contributed by atoms with Gasteiger partial charge in [0.25, 0.3) is 0 Å². The van der Waals surface area contributed by atoms with E-state index in [-0.39, 0.29) is 5.41 Å². The smallest absolute Gasteiger partial charge is 0.166 e. The molecule has 5 rings (SSSR count). The van der Waals surface area contributed by atoms with Crippen molar-refractivity contribution >= 4 is 0 Å². The van der Waals surface area contributed by atoms with Crippen molar-refractivity contribution in [3.63, 3.8) is 0 Å². The van der Waals surface area contributed by atoms with Gasteiger partial charge in [-0.1, -0.05) is 38.5 Å². The monoisotopic (exact) mass is 383 g/mol. The number of likely N-dealkylation sites (N-methyl/N-ethyl adjacent to an activating group) is 1. The van der Waals surface area contributed by atoms with Crippen LogP contribution in [0.4, 0.5) is 0 Å². The van der Waals surface area contributed by atoms with Crippen molar-refractivity contribution in [3.8, 4) is 11.5 Å². The van der Waals surface area contributed by atoms with E-state index in [1.165, 1.54) is 11.1 Å². The first-order valence-corrected chi connectivity index (χ1v) is 11.1. The second-order valence-corrected chi connectivity index (χ2v) is 9.20. The van der Waals surface area contributed by atoms with Gasteiger partial charge in [0, 0.05) is 17.5 Å². The van der Waals surface area contributed by atoms with Crippen LogP contribution in [-0.2, 0) is 11.8 Å². The third-order valence-electron chi connectivity index (χ3n) is 7.87. The van der Waals surface area contributed by atoms with Crippen LogP contribution in [0.3, 0.4) is 0 Å². The largest absolute Gasteiger partial charge is 0.490 e. The van der Waals surface area contributed by atoms with Gasteiger partial charge in [-0.25, -0.2) is 0 Å². The Labute approximate surface area is 168 Å². The van der Waals surface area contributed by atoms with Crippen molar-refractivity contribution < 1.29 is 14.6 Å². The predicted molar refractivity (Wildman–Crippen MR) is 110 cm³/mol. The van der Waals surface area contributed by atoms with E-state index < -0.39 is 11.7 Å². The number of piperidine rings is 1. The van der Waals surface area contributed by atoms with Crippen LogP contribution in [0.2, 0.25) is 0 Å². The van der Waals surface area contributed by atoms with E-state index in [1.54, 1.807) is 0 Å². The molecule has 2 aliphatic carbocycles. The van der Waals surface area contributed by atoms with Crippen molar-refractivity contribution in [1.29, 1.82) is 0 Å². The lowest BCUT2D eigenvalue weighted by atomic mass is 9.48. The van der Waals surface area contributed by atoms with Crippen LogP contribution in [0.5, 0.6) is 11.5 Å². The molecule has 0 unspecified atom stereocenters. The molecule has 2 bridgehead atoms. The molecule has 5 atom stereocenters. The lowest BCUT2D eigenvalue weighted by Gasteiger charge is -2.61. The van der Waals surface area contributed by atoms with Gasteiger partial charge in [-0.05, 0) is 57.3 Å². The molecule has 0 saturated carbocycles. The van der Waals surface area contributed by atoms with Gasteiger partial charge < -0.3 is 19.5 Å². The third kappa shape index (κ3) is 2.14. The molecule has 0 radical (unpaired) electrons. The molecule has 28 heavy (non-hydrogen) atoms. The van der Waals surface area contributed by atoms with E-state index in [0.717, 1.165) is 56.6 Å². The Bertz CT molecular complexity index is 805. The number of benzene rings is 1. The Morgan fingerprint density at radius 3 is 2.89 bits per heavy atom. The van der Waals surface area contributed by atoms with Gasteiger partial charge in [0.15, 0.2) is 11.5 Å². The maximum absolute atomic E-state index is 11.3. The minimum Gasteiger partial charge on any atom is -0.490 e. The van der Waals surface area contributed by atoms with E-state index in [4.69, 9.17) is 9.47 Å². The summed E-state index contributed by atoms with van der Waals surface area (Å²) >= 11 is 0. The van der Waals surface area contributed by atoms with Gasteiger partial charge >= 0.3 is 0 Å². The molecule has 0 amide bonds. The van der Waals surface area contributed by atoms with E-state index in [9.17, 15) is 5.11 Å². The molecular formula is C24H33NO3. The molecule has 1 aromatic carbocycles. The number of aliphatic hydroxyl groups excluding tert-OH is 1. The van der Waals surface area contributed by atoms with Crippen LogP contribution < -0.4 is 9.47 Å². The Balaban J connectivity index is 1.75. The van der Waals surface area contributed by atoms with Crippen LogP contribution in [-0.4, -0.2) is 48.0 Å². The predicted octanol–water partition coefficient (Wildman–Crippen LogP) is 3.84. The Hall–Kier alpha value is -1.52. The van der Waals surface area contributed by atoms with Crippen LogP contribution in [0.15, 0.2) is 24.3 Å². The molecule has 4 aliphatic rings. The summed E-state index contributed by atoms with van der Waals surface area (Å²) in [6.07, 6.45) is 9.87. The summed E-state index contributed by atoms with van der Waals surface area (Å²) in [4.78, 5) is 2.52. The maximum Gasteiger partial charge on any atom is 0.166 e. The summed E-state index contributed by atoms with van der Waals surface area (Å²) in [7, 11) is 2.25. The first-order valence-electron chi connectivity index (χ1n) is 11.1. The highest BCUT2D eigenvalue weighted by Gasteiger charge is 2.71. The molecular weight excluding hydrogens is 350 g/mol. The summed E-state index contributed by atoms with van der Waals surface area (Å²) < 4.78 is 13.0. The van der Waals surface area contributed by atoms with Gasteiger partial charge in [0.05, 0.1) is 12.0 Å². The number of unbranched alkanes of at least 4 members (excludes halogenated alkanes) is 1. The maximum atomic E-state index is 11.3. The van der Waals surface area contributed by atoms with Crippen molar-refractivity contribution in [2.24, 2.45) is 5.92 Å². The van der Waals surface area contributed by atoms with E-state index >= 15 is 0 Å². The van der Waals surface area contributed by atoms with Gasteiger partial charge in [0.1, 0.15) is 11.7 Å². The summed E-state index contributed by atoms with van der Waals surface area (Å²) in [6.45, 7) is 6.10. The first-order chi connectivity index (χ1) is 13.6. The van der Waals surface area contributed by atoms with Crippen molar-refractivity contribution in [1.82, 2.24) is 4.90 Å². The zero-order valence-electron chi connectivity index (χ0n) is 17.4. The molecule has 152 valence electrons. The third-order valence-corrected chi connectivity index (χ3v) is 7.87. The molecule has 2 aliphatic heterocycles. The second kappa shape index (κ2) is 6.50. The van der Waals surface area contributed by atoms with Crippen molar-refractivity contribution in [2.45, 2.75) is 75.5 Å². The molecule has 1 spiro atoms. The fourth-order valence-corrected chi connectivity index (χ4v) is 6.62. The number of rotatable bonds is 6. The Morgan fingerprint density at radius 1 is 1.25 bits per heavy atom. The highest BCUT2D eigenvalue weighted by Crippen LogP contribution is 2.67. The summed E-state index contributed by atoms with van der Waals surface area (Å²) in [5.41, 5.74) is 2.05. The zero-order chi connectivity index (χ0) is 19.5. The van der Waals surface area contributed by atoms with Crippen molar-refractivity contribution in [2.75, 3.05) is 20.2 Å². The molecule has 1 fully saturated rings. The Kier molecular flexibility index (Phi) is 4.29. The SMILES string of the molecule is CCCC[C@@]12Oc3c(OCCC)ccc4c3[C@@]13CCN(C)[C@H](C4)[C@@H]3C=C[C@@H]2O. The van der Waals surface area contributed by atoms with E-state index in [2.05, 4.69) is 44.0 Å². The zero-order valence-corrected chi connectivity index (χ0v) is 17.4. The lowest BCUT2D eigenvalue weighted by molar-refractivity contribution is -0.126. The molecule has 2 heterocycles. The fourth-order valence-electron chi connectivity index (χ4n) is 6.62. The fraction of sp³-hybridized carbons (Fsp3) is 0.667. The van der Waals surface area contributed by atoms with Crippen LogP contribution >= 0.6 is 0 Å². The molecule has 0 aromatic heterocycles. The lowest BCUT2D eigenvalue weighted by Crippen LogP contribution is -2.71. The molecule has 1 saturated heterocycles. The van der Waals surface area contributed by atoms with Crippen molar-refractivity contribution in [3.05, 3.63) is 35.4 Å². The van der Waals surface area contributed by atoms with Crippen LogP contribution in [0.1, 0.15) is 57.1 Å². The number of ether oxygens (including phenoxy) is 2. The average Bonchev–Trinajstić information content (AvgIpc) is 3.01. The number of hydrogen-bond acceptors (Lipinski definition) is 4. The number of aliphatic hydroxyl groups is 1. The second-order valence-electron chi connectivity index (χ2n) is 9.20.